The number of nitrogens with zero attached hydrogens (tertiary/aromatic N) is 1. The summed E-state index contributed by atoms with van der Waals surface area (Å²) >= 11 is 3.47. The van der Waals surface area contributed by atoms with Crippen LogP contribution in [0.3, 0.4) is 0 Å². The molecule has 0 radical (unpaired) electrons. The van der Waals surface area contributed by atoms with Crippen LogP contribution >= 0.6 is 15.9 Å². The number of urea groups is 1. The van der Waals surface area contributed by atoms with Crippen LogP contribution < -0.4 is 10.1 Å². The third-order valence-electron chi connectivity index (χ3n) is 4.93. The average molecular weight is 477 g/mol. The molecule has 1 saturated heterocycles. The van der Waals surface area contributed by atoms with Gasteiger partial charge in [0.1, 0.15) is 18.1 Å². The first-order valence-electron chi connectivity index (χ1n) is 9.86. The quantitative estimate of drug-likeness (QED) is 0.381. The van der Waals surface area contributed by atoms with Gasteiger partial charge in [-0.05, 0) is 42.3 Å². The summed E-state index contributed by atoms with van der Waals surface area (Å²) in [5.74, 6) is 0.262. The number of aryl methyl sites for hydroxylation is 1. The molecule has 0 atom stereocenters. The standard InChI is InChI=1S/C25H21BrN2O3/c1-17-7-9-19(10-8-17)16-31-23-12-11-21(26)13-20(23)14-22-24(29)28(25(30)27-22)15-18-5-3-2-4-6-18/h2-14H,15-16H2,1H3,(H,27,30)/b22-14+. The van der Waals surface area contributed by atoms with Crippen LogP contribution in [0.2, 0.25) is 0 Å². The van der Waals surface area contributed by atoms with E-state index in [0.29, 0.717) is 17.9 Å². The fraction of sp³-hybridized carbons (Fsp3) is 0.120. The Balaban J connectivity index is 1.54. The first kappa shape index (κ1) is 20.9. The Labute approximate surface area is 189 Å². The minimum absolute atomic E-state index is 0.220. The van der Waals surface area contributed by atoms with Crippen LogP contribution in [0.5, 0.6) is 5.75 Å². The maximum absolute atomic E-state index is 12.9. The van der Waals surface area contributed by atoms with E-state index < -0.39 is 6.03 Å². The Kier molecular flexibility index (Phi) is 6.18. The van der Waals surface area contributed by atoms with Crippen molar-refractivity contribution in [3.8, 4) is 5.75 Å². The maximum Gasteiger partial charge on any atom is 0.329 e. The molecule has 1 aliphatic heterocycles. The summed E-state index contributed by atoms with van der Waals surface area (Å²) in [5.41, 5.74) is 4.04. The number of carbonyl (C=O) groups excluding carboxylic acids is 2. The molecule has 0 spiro atoms. The Morgan fingerprint density at radius 1 is 0.968 bits per heavy atom. The van der Waals surface area contributed by atoms with Crippen LogP contribution in [-0.4, -0.2) is 16.8 Å². The van der Waals surface area contributed by atoms with E-state index >= 15 is 0 Å². The highest BCUT2D eigenvalue weighted by Gasteiger charge is 2.33. The summed E-state index contributed by atoms with van der Waals surface area (Å²) in [6.45, 7) is 2.66. The number of hydrogen-bond acceptors (Lipinski definition) is 3. The molecule has 1 heterocycles. The van der Waals surface area contributed by atoms with Crippen molar-refractivity contribution in [3.05, 3.63) is 105 Å². The number of halogens is 1. The van der Waals surface area contributed by atoms with Crippen molar-refractivity contribution >= 4 is 33.9 Å². The van der Waals surface area contributed by atoms with Crippen molar-refractivity contribution in [2.24, 2.45) is 0 Å². The summed E-state index contributed by atoms with van der Waals surface area (Å²) in [6.07, 6.45) is 1.65. The summed E-state index contributed by atoms with van der Waals surface area (Å²) in [6, 6.07) is 22.7. The van der Waals surface area contributed by atoms with Crippen LogP contribution in [0, 0.1) is 6.92 Å². The van der Waals surface area contributed by atoms with E-state index in [2.05, 4.69) is 21.2 Å². The highest BCUT2D eigenvalue weighted by Crippen LogP contribution is 2.27. The lowest BCUT2D eigenvalue weighted by molar-refractivity contribution is -0.123. The molecular weight excluding hydrogens is 456 g/mol. The van der Waals surface area contributed by atoms with Gasteiger partial charge < -0.3 is 10.1 Å². The largest absolute Gasteiger partial charge is 0.488 e. The Morgan fingerprint density at radius 2 is 1.71 bits per heavy atom. The van der Waals surface area contributed by atoms with Gasteiger partial charge in [0, 0.05) is 10.0 Å². The van der Waals surface area contributed by atoms with Crippen molar-refractivity contribution in [3.63, 3.8) is 0 Å². The molecular formula is C25H21BrN2O3. The molecule has 1 aliphatic rings. The lowest BCUT2D eigenvalue weighted by Crippen LogP contribution is -2.30. The molecule has 0 aliphatic carbocycles. The molecule has 0 saturated carbocycles. The van der Waals surface area contributed by atoms with Gasteiger partial charge in [-0.2, -0.15) is 0 Å². The van der Waals surface area contributed by atoms with Crippen molar-refractivity contribution in [1.29, 1.82) is 0 Å². The predicted octanol–water partition coefficient (Wildman–Crippen LogP) is 5.43. The average Bonchev–Trinajstić information content (AvgIpc) is 3.02. The second-order valence-electron chi connectivity index (χ2n) is 7.32. The Bertz CT molecular complexity index is 1140. The van der Waals surface area contributed by atoms with Gasteiger partial charge in [0.05, 0.1) is 6.54 Å². The van der Waals surface area contributed by atoms with E-state index in [1.807, 2.05) is 79.7 Å². The zero-order valence-electron chi connectivity index (χ0n) is 17.0. The highest BCUT2D eigenvalue weighted by atomic mass is 79.9. The number of rotatable bonds is 6. The molecule has 3 aromatic carbocycles. The van der Waals surface area contributed by atoms with Gasteiger partial charge in [-0.15, -0.1) is 0 Å². The van der Waals surface area contributed by atoms with Crippen molar-refractivity contribution in [2.75, 3.05) is 0 Å². The third kappa shape index (κ3) is 5.03. The van der Waals surface area contributed by atoms with Crippen LogP contribution in [0.25, 0.3) is 6.08 Å². The molecule has 0 unspecified atom stereocenters. The van der Waals surface area contributed by atoms with Crippen molar-refractivity contribution in [1.82, 2.24) is 10.2 Å². The number of benzene rings is 3. The second kappa shape index (κ2) is 9.18. The summed E-state index contributed by atoms with van der Waals surface area (Å²) < 4.78 is 6.86. The number of hydrogen-bond donors (Lipinski definition) is 1. The first-order chi connectivity index (χ1) is 15.0. The molecule has 1 N–H and O–H groups in total. The molecule has 3 aromatic rings. The van der Waals surface area contributed by atoms with Gasteiger partial charge in [0.15, 0.2) is 0 Å². The van der Waals surface area contributed by atoms with E-state index in [1.54, 1.807) is 6.08 Å². The predicted molar refractivity (Wildman–Crippen MR) is 123 cm³/mol. The smallest absolute Gasteiger partial charge is 0.329 e. The fourth-order valence-electron chi connectivity index (χ4n) is 3.25. The minimum atomic E-state index is -0.433. The molecule has 0 bridgehead atoms. The highest BCUT2D eigenvalue weighted by molar-refractivity contribution is 9.10. The van der Waals surface area contributed by atoms with Crippen LogP contribution in [0.15, 0.2) is 83.0 Å². The minimum Gasteiger partial charge on any atom is -0.488 e. The monoisotopic (exact) mass is 476 g/mol. The van der Waals surface area contributed by atoms with Gasteiger partial charge in [0.25, 0.3) is 5.91 Å². The number of nitrogens with one attached hydrogen (secondary N) is 1. The summed E-state index contributed by atoms with van der Waals surface area (Å²) in [7, 11) is 0. The maximum atomic E-state index is 12.9. The van der Waals surface area contributed by atoms with Crippen LogP contribution in [0.1, 0.15) is 22.3 Å². The molecule has 6 heteroatoms. The summed E-state index contributed by atoms with van der Waals surface area (Å²) in [5, 5.41) is 2.68. The first-order valence-corrected chi connectivity index (χ1v) is 10.7. The van der Waals surface area contributed by atoms with Gasteiger partial charge in [0.2, 0.25) is 0 Å². The lowest BCUT2D eigenvalue weighted by atomic mass is 10.1. The molecule has 5 nitrogen and oxygen atoms in total. The Hall–Kier alpha value is -3.38. The van der Waals surface area contributed by atoms with Crippen LogP contribution in [-0.2, 0) is 17.9 Å². The summed E-state index contributed by atoms with van der Waals surface area (Å²) in [4.78, 5) is 26.4. The van der Waals surface area contributed by atoms with E-state index in [-0.39, 0.29) is 18.1 Å². The number of amides is 3. The molecule has 3 amide bonds. The second-order valence-corrected chi connectivity index (χ2v) is 8.24. The fourth-order valence-corrected chi connectivity index (χ4v) is 3.62. The van der Waals surface area contributed by atoms with E-state index in [4.69, 9.17) is 4.74 Å². The van der Waals surface area contributed by atoms with Gasteiger partial charge in [-0.3, -0.25) is 9.69 Å². The third-order valence-corrected chi connectivity index (χ3v) is 5.43. The lowest BCUT2D eigenvalue weighted by Gasteiger charge is -2.12. The molecule has 1 fully saturated rings. The van der Waals surface area contributed by atoms with Crippen molar-refractivity contribution < 1.29 is 14.3 Å². The van der Waals surface area contributed by atoms with Crippen LogP contribution in [0.4, 0.5) is 4.79 Å². The van der Waals surface area contributed by atoms with E-state index in [9.17, 15) is 9.59 Å². The number of ether oxygens (including phenoxy) is 1. The van der Waals surface area contributed by atoms with Gasteiger partial charge in [-0.25, -0.2) is 4.79 Å². The SMILES string of the molecule is Cc1ccc(COc2ccc(Br)cc2/C=C2/NC(=O)N(Cc3ccccc3)C2=O)cc1. The molecule has 4 rings (SSSR count). The zero-order valence-corrected chi connectivity index (χ0v) is 18.6. The normalized spacial score (nSPS) is 14.8. The zero-order chi connectivity index (χ0) is 21.8. The topological polar surface area (TPSA) is 58.6 Å². The van der Waals surface area contributed by atoms with E-state index in [1.165, 1.54) is 10.5 Å². The molecule has 156 valence electrons. The Morgan fingerprint density at radius 3 is 2.45 bits per heavy atom. The van der Waals surface area contributed by atoms with E-state index in [0.717, 1.165) is 15.6 Å². The molecule has 0 aromatic heterocycles. The number of imide groups is 1. The molecule has 31 heavy (non-hydrogen) atoms. The van der Waals surface area contributed by atoms with Gasteiger partial charge in [-0.1, -0.05) is 76.1 Å². The van der Waals surface area contributed by atoms with Gasteiger partial charge >= 0.3 is 6.03 Å². The van der Waals surface area contributed by atoms with Crippen molar-refractivity contribution in [2.45, 2.75) is 20.1 Å². The number of carbonyl (C=O) groups is 2.